The van der Waals surface area contributed by atoms with Crippen molar-refractivity contribution in [3.63, 3.8) is 0 Å². The Kier molecular flexibility index (Phi) is 6.22. The zero-order valence-electron chi connectivity index (χ0n) is 13.2. The first-order chi connectivity index (χ1) is 10.7. The molecule has 0 aliphatic heterocycles. The summed E-state index contributed by atoms with van der Waals surface area (Å²) in [6, 6.07) is 20.0. The predicted molar refractivity (Wildman–Crippen MR) is 98.3 cm³/mol. The topological polar surface area (TPSA) is 28.0 Å². The summed E-state index contributed by atoms with van der Waals surface area (Å²) in [4.78, 5) is 11.5. The van der Waals surface area contributed by atoms with Crippen LogP contribution in [0.15, 0.2) is 70.6 Å². The summed E-state index contributed by atoms with van der Waals surface area (Å²) < 4.78 is 0. The monoisotopic (exact) mass is 311 g/mol. The quantitative estimate of drug-likeness (QED) is 0.619. The van der Waals surface area contributed by atoms with Gasteiger partial charge in [0.05, 0.1) is 5.69 Å². The lowest BCUT2D eigenvalue weighted by Crippen LogP contribution is -2.20. The number of para-hydroxylation sites is 1. The number of aliphatic imine (C=N–C) groups is 2. The first-order valence-corrected chi connectivity index (χ1v) is 8.27. The van der Waals surface area contributed by atoms with E-state index in [1.54, 1.807) is 11.8 Å². The third-order valence-corrected chi connectivity index (χ3v) is 3.88. The average molecular weight is 311 g/mol. The van der Waals surface area contributed by atoms with E-state index in [1.165, 1.54) is 0 Å². The van der Waals surface area contributed by atoms with E-state index >= 15 is 0 Å². The Labute approximate surface area is 136 Å². The van der Waals surface area contributed by atoms with Crippen molar-refractivity contribution >= 4 is 28.5 Å². The first kappa shape index (κ1) is 16.3. The molecule has 114 valence electrons. The van der Waals surface area contributed by atoms with E-state index in [0.717, 1.165) is 28.0 Å². The van der Waals surface area contributed by atoms with Crippen molar-refractivity contribution in [2.24, 2.45) is 9.98 Å². The lowest BCUT2D eigenvalue weighted by Gasteiger charge is -2.15. The number of rotatable bonds is 3. The van der Waals surface area contributed by atoms with E-state index in [1.807, 2.05) is 79.7 Å². The summed E-state index contributed by atoms with van der Waals surface area (Å²) >= 11 is 1.71. The van der Waals surface area contributed by atoms with Gasteiger partial charge in [0.1, 0.15) is 0 Å². The molecule has 2 aromatic rings. The van der Waals surface area contributed by atoms with Gasteiger partial charge in [-0.3, -0.25) is 0 Å². The van der Waals surface area contributed by atoms with Crippen molar-refractivity contribution in [1.29, 1.82) is 0 Å². The standard InChI is InChI=1S/C18H21N3S/c1-4-22-18(21(2)3)20-17(15-11-7-5-8-12-15)19-16-13-9-6-10-14-16/h5-14H,4H2,1-3H3. The summed E-state index contributed by atoms with van der Waals surface area (Å²) in [5.41, 5.74) is 1.92. The number of benzene rings is 2. The van der Waals surface area contributed by atoms with Crippen molar-refractivity contribution < 1.29 is 0 Å². The summed E-state index contributed by atoms with van der Waals surface area (Å²) in [6.45, 7) is 2.13. The number of hydrogen-bond acceptors (Lipinski definition) is 2. The fourth-order valence-electron chi connectivity index (χ4n) is 1.85. The van der Waals surface area contributed by atoms with Crippen LogP contribution in [0.5, 0.6) is 0 Å². The normalized spacial score (nSPS) is 12.3. The molecule has 0 saturated carbocycles. The third kappa shape index (κ3) is 4.74. The van der Waals surface area contributed by atoms with Gasteiger partial charge in [-0.1, -0.05) is 67.2 Å². The first-order valence-electron chi connectivity index (χ1n) is 7.28. The number of nitrogens with zero attached hydrogens (tertiary/aromatic N) is 3. The Morgan fingerprint density at radius 3 is 2.09 bits per heavy atom. The van der Waals surface area contributed by atoms with Crippen LogP contribution in [-0.4, -0.2) is 35.8 Å². The minimum absolute atomic E-state index is 0.733. The molecule has 0 fully saturated rings. The van der Waals surface area contributed by atoms with Crippen LogP contribution in [0.1, 0.15) is 12.5 Å². The number of thioether (sulfide) groups is 1. The third-order valence-electron chi connectivity index (χ3n) is 2.88. The minimum Gasteiger partial charge on any atom is -0.357 e. The van der Waals surface area contributed by atoms with Crippen molar-refractivity contribution in [2.75, 3.05) is 19.8 Å². The summed E-state index contributed by atoms with van der Waals surface area (Å²) in [5, 5.41) is 0.959. The van der Waals surface area contributed by atoms with Crippen LogP contribution >= 0.6 is 11.8 Å². The molecule has 0 spiro atoms. The maximum absolute atomic E-state index is 4.79. The zero-order valence-corrected chi connectivity index (χ0v) is 14.0. The maximum Gasteiger partial charge on any atom is 0.165 e. The summed E-state index contributed by atoms with van der Waals surface area (Å²) in [5.74, 6) is 1.71. The summed E-state index contributed by atoms with van der Waals surface area (Å²) in [7, 11) is 4.01. The smallest absolute Gasteiger partial charge is 0.165 e. The van der Waals surface area contributed by atoms with Crippen LogP contribution in [0.25, 0.3) is 0 Å². The zero-order chi connectivity index (χ0) is 15.8. The Bertz CT molecular complexity index is 634. The molecular weight excluding hydrogens is 290 g/mol. The largest absolute Gasteiger partial charge is 0.357 e. The molecule has 0 radical (unpaired) electrons. The molecule has 0 amide bonds. The second kappa shape index (κ2) is 8.39. The van der Waals surface area contributed by atoms with E-state index in [4.69, 9.17) is 9.98 Å². The van der Waals surface area contributed by atoms with Crippen molar-refractivity contribution in [2.45, 2.75) is 6.92 Å². The van der Waals surface area contributed by atoms with Crippen LogP contribution in [0, 0.1) is 0 Å². The van der Waals surface area contributed by atoms with E-state index in [9.17, 15) is 0 Å². The molecule has 0 atom stereocenters. The molecule has 3 nitrogen and oxygen atoms in total. The van der Waals surface area contributed by atoms with Crippen LogP contribution in [0.2, 0.25) is 0 Å². The molecule has 2 rings (SSSR count). The van der Waals surface area contributed by atoms with Crippen LogP contribution < -0.4 is 0 Å². The SMILES string of the molecule is CCSC(=NC(=Nc1ccccc1)c1ccccc1)N(C)C. The van der Waals surface area contributed by atoms with E-state index in [2.05, 4.69) is 6.92 Å². The minimum atomic E-state index is 0.733. The molecule has 2 aromatic carbocycles. The van der Waals surface area contributed by atoms with Gasteiger partial charge in [-0.15, -0.1) is 0 Å². The van der Waals surface area contributed by atoms with E-state index in [0.29, 0.717) is 0 Å². The molecular formula is C18H21N3S. The Hall–Kier alpha value is -2.07. The number of hydrogen-bond donors (Lipinski definition) is 0. The highest BCUT2D eigenvalue weighted by Crippen LogP contribution is 2.16. The molecule has 0 heterocycles. The van der Waals surface area contributed by atoms with Gasteiger partial charge in [0.2, 0.25) is 0 Å². The van der Waals surface area contributed by atoms with Gasteiger partial charge in [0.25, 0.3) is 0 Å². The van der Waals surface area contributed by atoms with Gasteiger partial charge < -0.3 is 4.90 Å². The highest BCUT2D eigenvalue weighted by molar-refractivity contribution is 8.13. The number of amidine groups is 2. The highest BCUT2D eigenvalue weighted by Gasteiger charge is 2.07. The summed E-state index contributed by atoms with van der Waals surface area (Å²) in [6.07, 6.45) is 0. The molecule has 4 heteroatoms. The average Bonchev–Trinajstić information content (AvgIpc) is 2.55. The highest BCUT2D eigenvalue weighted by atomic mass is 32.2. The molecule has 0 aliphatic carbocycles. The molecule has 0 aliphatic rings. The van der Waals surface area contributed by atoms with E-state index < -0.39 is 0 Å². The van der Waals surface area contributed by atoms with Gasteiger partial charge in [-0.2, -0.15) is 0 Å². The molecule has 0 bridgehead atoms. The van der Waals surface area contributed by atoms with Gasteiger partial charge in [-0.25, -0.2) is 9.98 Å². The van der Waals surface area contributed by atoms with Crippen LogP contribution in [0.4, 0.5) is 5.69 Å². The molecule has 0 saturated heterocycles. The fraction of sp³-hybridized carbons (Fsp3) is 0.222. The van der Waals surface area contributed by atoms with Gasteiger partial charge in [0.15, 0.2) is 11.0 Å². The Morgan fingerprint density at radius 1 is 0.955 bits per heavy atom. The molecule has 0 aromatic heterocycles. The second-order valence-corrected chi connectivity index (χ2v) is 6.09. The second-order valence-electron chi connectivity index (χ2n) is 4.86. The van der Waals surface area contributed by atoms with Crippen molar-refractivity contribution in [3.8, 4) is 0 Å². The van der Waals surface area contributed by atoms with Crippen LogP contribution in [-0.2, 0) is 0 Å². The Morgan fingerprint density at radius 2 is 1.55 bits per heavy atom. The predicted octanol–water partition coefficient (Wildman–Crippen LogP) is 4.44. The van der Waals surface area contributed by atoms with Crippen LogP contribution in [0.3, 0.4) is 0 Å². The lowest BCUT2D eigenvalue weighted by molar-refractivity contribution is 0.637. The van der Waals surface area contributed by atoms with Crippen molar-refractivity contribution in [3.05, 3.63) is 66.2 Å². The van der Waals surface area contributed by atoms with Gasteiger partial charge >= 0.3 is 0 Å². The fourth-order valence-corrected chi connectivity index (χ4v) is 2.51. The Balaban J connectivity index is 2.46. The lowest BCUT2D eigenvalue weighted by atomic mass is 10.2. The molecule has 0 unspecified atom stereocenters. The van der Waals surface area contributed by atoms with Gasteiger partial charge in [-0.05, 0) is 17.9 Å². The van der Waals surface area contributed by atoms with E-state index in [-0.39, 0.29) is 0 Å². The molecule has 22 heavy (non-hydrogen) atoms. The maximum atomic E-state index is 4.79. The van der Waals surface area contributed by atoms with Gasteiger partial charge in [0, 0.05) is 19.7 Å². The van der Waals surface area contributed by atoms with Crippen molar-refractivity contribution in [1.82, 2.24) is 4.90 Å². The molecule has 0 N–H and O–H groups in total.